The Morgan fingerprint density at radius 3 is 2.48 bits per heavy atom. The minimum Gasteiger partial charge on any atom is -0.378 e. The van der Waals surface area contributed by atoms with Crippen molar-refractivity contribution in [2.75, 3.05) is 19.0 Å². The Morgan fingerprint density at radius 2 is 1.86 bits per heavy atom. The second-order valence-electron chi connectivity index (χ2n) is 5.00. The van der Waals surface area contributed by atoms with Crippen LogP contribution in [0.4, 0.5) is 11.4 Å². The van der Waals surface area contributed by atoms with Gasteiger partial charge in [0.25, 0.3) is 5.69 Å². The number of H-pyrrole nitrogens is 1. The quantitative estimate of drug-likeness (QED) is 0.591. The van der Waals surface area contributed by atoms with E-state index in [1.165, 1.54) is 12.1 Å². The fourth-order valence-electron chi connectivity index (χ4n) is 2.26. The van der Waals surface area contributed by atoms with E-state index in [9.17, 15) is 10.1 Å². The molecule has 1 N–H and O–H groups in total. The van der Waals surface area contributed by atoms with Crippen LogP contribution in [0.3, 0.4) is 0 Å². The van der Waals surface area contributed by atoms with E-state index in [0.29, 0.717) is 5.52 Å². The van der Waals surface area contributed by atoms with Crippen molar-refractivity contribution in [3.05, 3.63) is 52.6 Å². The predicted octanol–water partition coefficient (Wildman–Crippen LogP) is 3.20. The van der Waals surface area contributed by atoms with Crippen LogP contribution in [0, 0.1) is 10.1 Å². The SMILES string of the molecule is CN(C)c1ccc(-c2n[nH]c3cc([N+](=O)[O-])ccc23)cc1. The molecule has 6 nitrogen and oxygen atoms in total. The summed E-state index contributed by atoms with van der Waals surface area (Å²) in [6.07, 6.45) is 0. The normalized spacial score (nSPS) is 10.8. The number of aromatic nitrogens is 2. The smallest absolute Gasteiger partial charge is 0.271 e. The second-order valence-corrected chi connectivity index (χ2v) is 5.00. The van der Waals surface area contributed by atoms with Crippen molar-refractivity contribution in [3.63, 3.8) is 0 Å². The molecule has 1 aromatic heterocycles. The number of nitro groups is 1. The summed E-state index contributed by atoms with van der Waals surface area (Å²) >= 11 is 0. The van der Waals surface area contributed by atoms with Crippen molar-refractivity contribution < 1.29 is 4.92 Å². The van der Waals surface area contributed by atoms with E-state index in [4.69, 9.17) is 0 Å². The highest BCUT2D eigenvalue weighted by Crippen LogP contribution is 2.29. The molecule has 21 heavy (non-hydrogen) atoms. The minimum atomic E-state index is -0.411. The molecule has 3 rings (SSSR count). The largest absolute Gasteiger partial charge is 0.378 e. The third-order valence-corrected chi connectivity index (χ3v) is 3.41. The molecule has 0 aliphatic heterocycles. The lowest BCUT2D eigenvalue weighted by Gasteiger charge is -2.12. The average Bonchev–Trinajstić information content (AvgIpc) is 2.90. The summed E-state index contributed by atoms with van der Waals surface area (Å²) < 4.78 is 0. The van der Waals surface area contributed by atoms with Crippen LogP contribution in [-0.2, 0) is 0 Å². The van der Waals surface area contributed by atoms with Gasteiger partial charge < -0.3 is 4.90 Å². The fourth-order valence-corrected chi connectivity index (χ4v) is 2.26. The first-order valence-electron chi connectivity index (χ1n) is 6.46. The number of hydrogen-bond donors (Lipinski definition) is 1. The van der Waals surface area contributed by atoms with E-state index >= 15 is 0 Å². The lowest BCUT2D eigenvalue weighted by Crippen LogP contribution is -2.07. The third kappa shape index (κ3) is 2.31. The average molecular weight is 282 g/mol. The lowest BCUT2D eigenvalue weighted by molar-refractivity contribution is -0.384. The number of nitrogens with zero attached hydrogens (tertiary/aromatic N) is 3. The molecule has 0 unspecified atom stereocenters. The van der Waals surface area contributed by atoms with E-state index in [2.05, 4.69) is 10.2 Å². The summed E-state index contributed by atoms with van der Waals surface area (Å²) in [5.41, 5.74) is 3.59. The van der Waals surface area contributed by atoms with Gasteiger partial charge >= 0.3 is 0 Å². The van der Waals surface area contributed by atoms with Crippen LogP contribution in [0.2, 0.25) is 0 Å². The van der Waals surface area contributed by atoms with Crippen molar-refractivity contribution in [2.24, 2.45) is 0 Å². The fraction of sp³-hybridized carbons (Fsp3) is 0.133. The summed E-state index contributed by atoms with van der Waals surface area (Å²) in [5, 5.41) is 18.8. The van der Waals surface area contributed by atoms with Gasteiger partial charge in [-0.1, -0.05) is 12.1 Å². The van der Waals surface area contributed by atoms with Crippen LogP contribution >= 0.6 is 0 Å². The van der Waals surface area contributed by atoms with Gasteiger partial charge in [0.1, 0.15) is 0 Å². The van der Waals surface area contributed by atoms with Crippen molar-refractivity contribution in [1.82, 2.24) is 10.2 Å². The molecule has 0 atom stereocenters. The first kappa shape index (κ1) is 13.1. The molecule has 0 spiro atoms. The Morgan fingerprint density at radius 1 is 1.14 bits per heavy atom. The van der Waals surface area contributed by atoms with Crippen LogP contribution in [0.5, 0.6) is 0 Å². The van der Waals surface area contributed by atoms with Crippen LogP contribution in [0.15, 0.2) is 42.5 Å². The van der Waals surface area contributed by atoms with Crippen molar-refractivity contribution in [3.8, 4) is 11.3 Å². The topological polar surface area (TPSA) is 75.1 Å². The van der Waals surface area contributed by atoms with Gasteiger partial charge in [0, 0.05) is 42.9 Å². The van der Waals surface area contributed by atoms with Crippen LogP contribution in [-0.4, -0.2) is 29.2 Å². The number of anilines is 1. The van der Waals surface area contributed by atoms with E-state index in [1.54, 1.807) is 6.07 Å². The van der Waals surface area contributed by atoms with E-state index in [0.717, 1.165) is 22.3 Å². The molecule has 3 aromatic rings. The first-order valence-corrected chi connectivity index (χ1v) is 6.46. The highest BCUT2D eigenvalue weighted by molar-refractivity contribution is 5.94. The van der Waals surface area contributed by atoms with Crippen LogP contribution in [0.25, 0.3) is 22.2 Å². The van der Waals surface area contributed by atoms with Crippen LogP contribution in [0.1, 0.15) is 0 Å². The Labute approximate surface area is 121 Å². The summed E-state index contributed by atoms with van der Waals surface area (Å²) in [6.45, 7) is 0. The minimum absolute atomic E-state index is 0.0562. The zero-order valence-corrected chi connectivity index (χ0v) is 11.7. The first-order chi connectivity index (χ1) is 10.1. The molecule has 0 radical (unpaired) electrons. The van der Waals surface area contributed by atoms with Crippen molar-refractivity contribution in [1.29, 1.82) is 0 Å². The molecule has 0 bridgehead atoms. The number of nitrogens with one attached hydrogen (secondary N) is 1. The molecule has 0 amide bonds. The van der Waals surface area contributed by atoms with Gasteiger partial charge in [-0.3, -0.25) is 15.2 Å². The van der Waals surface area contributed by atoms with E-state index in [-0.39, 0.29) is 5.69 Å². The number of non-ortho nitro benzene ring substituents is 1. The molecule has 106 valence electrons. The zero-order chi connectivity index (χ0) is 15.0. The Kier molecular flexibility index (Phi) is 3.06. The van der Waals surface area contributed by atoms with Gasteiger partial charge in [0.15, 0.2) is 0 Å². The number of hydrogen-bond acceptors (Lipinski definition) is 4. The van der Waals surface area contributed by atoms with Gasteiger partial charge in [0.2, 0.25) is 0 Å². The maximum absolute atomic E-state index is 10.8. The molecule has 0 aliphatic carbocycles. The number of aromatic amines is 1. The Bertz CT molecular complexity index is 806. The van der Waals surface area contributed by atoms with Gasteiger partial charge in [-0.25, -0.2) is 0 Å². The summed E-state index contributed by atoms with van der Waals surface area (Å²) in [7, 11) is 3.97. The molecule has 0 aliphatic rings. The van der Waals surface area contributed by atoms with Gasteiger partial charge in [-0.15, -0.1) is 0 Å². The molecule has 0 saturated heterocycles. The van der Waals surface area contributed by atoms with E-state index in [1.807, 2.05) is 43.3 Å². The van der Waals surface area contributed by atoms with Crippen LogP contribution < -0.4 is 4.90 Å². The molecular formula is C15H14N4O2. The Hall–Kier alpha value is -2.89. The highest BCUT2D eigenvalue weighted by atomic mass is 16.6. The lowest BCUT2D eigenvalue weighted by atomic mass is 10.1. The third-order valence-electron chi connectivity index (χ3n) is 3.41. The molecule has 0 fully saturated rings. The maximum Gasteiger partial charge on any atom is 0.271 e. The number of fused-ring (bicyclic) bond motifs is 1. The second kappa shape index (κ2) is 4.90. The highest BCUT2D eigenvalue weighted by Gasteiger charge is 2.12. The van der Waals surface area contributed by atoms with Crippen molar-refractivity contribution in [2.45, 2.75) is 0 Å². The molecule has 1 heterocycles. The molecule has 6 heteroatoms. The number of benzene rings is 2. The number of rotatable bonds is 3. The zero-order valence-electron chi connectivity index (χ0n) is 11.7. The maximum atomic E-state index is 10.8. The van der Waals surface area contributed by atoms with Crippen molar-refractivity contribution >= 4 is 22.3 Å². The monoisotopic (exact) mass is 282 g/mol. The van der Waals surface area contributed by atoms with Gasteiger partial charge in [-0.2, -0.15) is 5.10 Å². The van der Waals surface area contributed by atoms with Gasteiger partial charge in [0.05, 0.1) is 16.1 Å². The summed E-state index contributed by atoms with van der Waals surface area (Å²) in [6, 6.07) is 12.7. The standard InChI is InChI=1S/C15H14N4O2/c1-18(2)11-5-3-10(4-6-11)15-13-8-7-12(19(20)21)9-14(13)16-17-15/h3-9H,1-2H3,(H,16,17). The number of nitro benzene ring substituents is 1. The molecular weight excluding hydrogens is 268 g/mol. The summed E-state index contributed by atoms with van der Waals surface area (Å²) in [4.78, 5) is 12.4. The summed E-state index contributed by atoms with van der Waals surface area (Å²) in [5.74, 6) is 0. The van der Waals surface area contributed by atoms with E-state index < -0.39 is 4.92 Å². The predicted molar refractivity (Wildman–Crippen MR) is 82.5 cm³/mol. The molecule has 0 saturated carbocycles. The van der Waals surface area contributed by atoms with Gasteiger partial charge in [-0.05, 0) is 18.2 Å². The molecule has 2 aromatic carbocycles. The Balaban J connectivity index is 2.06.